The molecule has 3 fully saturated rings. The number of likely N-dealkylation sites (tertiary alicyclic amines) is 1. The highest BCUT2D eigenvalue weighted by Gasteiger charge is 2.38. The maximum atomic E-state index is 13.3. The van der Waals surface area contributed by atoms with Gasteiger partial charge >= 0.3 is 0 Å². The number of rotatable bonds is 3. The first kappa shape index (κ1) is 20.1. The number of aromatic nitrogens is 3. The molecule has 3 aliphatic rings. The second kappa shape index (κ2) is 8.01. The Morgan fingerprint density at radius 3 is 2.90 bits per heavy atom. The largest absolute Gasteiger partial charge is 0.355 e. The lowest BCUT2D eigenvalue weighted by Crippen LogP contribution is -2.46. The molecule has 5 rings (SSSR count). The number of thioether (sulfide) groups is 1. The normalized spacial score (nSPS) is 29.8. The number of carbonyl (C=O) groups excluding carboxylic acids is 1. The Kier molecular flexibility index (Phi) is 5.37. The van der Waals surface area contributed by atoms with E-state index in [-0.39, 0.29) is 29.3 Å². The van der Waals surface area contributed by atoms with Gasteiger partial charge in [0.1, 0.15) is 11.1 Å². The second-order valence-electron chi connectivity index (χ2n) is 8.88. The van der Waals surface area contributed by atoms with Gasteiger partial charge in [-0.05, 0) is 39.5 Å². The molecule has 3 aliphatic heterocycles. The Hall–Kier alpha value is -1.84. The van der Waals surface area contributed by atoms with Crippen molar-refractivity contribution in [1.29, 1.82) is 0 Å². The molecule has 162 valence electrons. The average molecular weight is 430 g/mol. The van der Waals surface area contributed by atoms with Crippen molar-refractivity contribution in [3.63, 3.8) is 0 Å². The highest BCUT2D eigenvalue weighted by molar-refractivity contribution is 8.00. The van der Waals surface area contributed by atoms with Gasteiger partial charge in [0.15, 0.2) is 5.65 Å². The fourth-order valence-electron chi connectivity index (χ4n) is 4.95. The zero-order valence-corrected chi connectivity index (χ0v) is 18.6. The number of hydrogen-bond acceptors (Lipinski definition) is 7. The van der Waals surface area contributed by atoms with Crippen LogP contribution in [-0.2, 0) is 4.79 Å². The molecular formula is C21H31N7OS. The molecule has 1 amide bonds. The van der Waals surface area contributed by atoms with Crippen LogP contribution in [0.25, 0.3) is 5.65 Å². The minimum absolute atomic E-state index is 0.00558. The maximum absolute atomic E-state index is 13.3. The minimum atomic E-state index is -0.00558. The van der Waals surface area contributed by atoms with Crippen molar-refractivity contribution in [2.45, 2.75) is 62.9 Å². The fraction of sp³-hybridized carbons (Fsp3) is 0.667. The highest BCUT2D eigenvalue weighted by atomic mass is 32.2. The van der Waals surface area contributed by atoms with E-state index in [1.807, 2.05) is 4.52 Å². The van der Waals surface area contributed by atoms with E-state index in [0.717, 1.165) is 73.9 Å². The molecule has 0 aliphatic carbocycles. The van der Waals surface area contributed by atoms with Gasteiger partial charge in [-0.1, -0.05) is 0 Å². The van der Waals surface area contributed by atoms with Gasteiger partial charge < -0.3 is 20.9 Å². The number of nitrogens with two attached hydrogens (primary N) is 1. The number of fused-ring (bicyclic) bond motifs is 1. The summed E-state index contributed by atoms with van der Waals surface area (Å²) >= 11 is 1.72. The molecule has 3 N–H and O–H groups in total. The number of amides is 1. The van der Waals surface area contributed by atoms with Crippen molar-refractivity contribution in [3.05, 3.63) is 23.5 Å². The Morgan fingerprint density at radius 1 is 1.30 bits per heavy atom. The standard InChI is InChI=1S/C21H31N7OS/c1-13-10-28-18(24-20(13)26-8-6-15(22)11-26)9-16(25-28)17-5-3-4-7-27(17)21(29)19-14(2)23-12-30-19/h9-10,14-15,17,19,23H,3-8,11-12,22H2,1-2H3/t14?,15-,17-,19?/m0/s1. The van der Waals surface area contributed by atoms with Crippen molar-refractivity contribution in [3.8, 4) is 0 Å². The number of carbonyl (C=O) groups is 1. The third-order valence-corrected chi connectivity index (χ3v) is 7.94. The van der Waals surface area contributed by atoms with E-state index in [9.17, 15) is 4.79 Å². The van der Waals surface area contributed by atoms with Crippen LogP contribution in [0.15, 0.2) is 12.3 Å². The summed E-state index contributed by atoms with van der Waals surface area (Å²) in [6.45, 7) is 6.79. The Labute approximate surface area is 181 Å². The monoisotopic (exact) mass is 429 g/mol. The number of nitrogens with one attached hydrogen (secondary N) is 1. The number of piperidine rings is 1. The first-order valence-corrected chi connectivity index (χ1v) is 12.1. The molecule has 2 aromatic heterocycles. The minimum Gasteiger partial charge on any atom is -0.355 e. The first-order chi connectivity index (χ1) is 14.5. The molecule has 8 nitrogen and oxygen atoms in total. The Balaban J connectivity index is 1.44. The van der Waals surface area contributed by atoms with Gasteiger partial charge in [0.05, 0.1) is 11.7 Å². The molecule has 3 saturated heterocycles. The van der Waals surface area contributed by atoms with Gasteiger partial charge in [-0.3, -0.25) is 4.79 Å². The lowest BCUT2D eigenvalue weighted by Gasteiger charge is -2.36. The highest BCUT2D eigenvalue weighted by Crippen LogP contribution is 2.34. The van der Waals surface area contributed by atoms with Gasteiger partial charge in [-0.15, -0.1) is 11.8 Å². The maximum Gasteiger partial charge on any atom is 0.237 e. The van der Waals surface area contributed by atoms with E-state index >= 15 is 0 Å². The number of aryl methyl sites for hydroxylation is 1. The van der Waals surface area contributed by atoms with Crippen LogP contribution >= 0.6 is 11.8 Å². The van der Waals surface area contributed by atoms with E-state index < -0.39 is 0 Å². The van der Waals surface area contributed by atoms with Crippen LogP contribution in [0.5, 0.6) is 0 Å². The molecule has 0 bridgehead atoms. The van der Waals surface area contributed by atoms with Crippen molar-refractivity contribution in [2.24, 2.45) is 5.73 Å². The van der Waals surface area contributed by atoms with Gasteiger partial charge in [0.2, 0.25) is 5.91 Å². The van der Waals surface area contributed by atoms with Gasteiger partial charge in [-0.2, -0.15) is 5.10 Å². The van der Waals surface area contributed by atoms with E-state index in [2.05, 4.69) is 41.2 Å². The summed E-state index contributed by atoms with van der Waals surface area (Å²) < 4.78 is 1.87. The van der Waals surface area contributed by atoms with Crippen LogP contribution in [0.2, 0.25) is 0 Å². The molecule has 0 spiro atoms. The predicted molar refractivity (Wildman–Crippen MR) is 120 cm³/mol. The fourth-order valence-corrected chi connectivity index (χ4v) is 6.16. The summed E-state index contributed by atoms with van der Waals surface area (Å²) in [7, 11) is 0. The lowest BCUT2D eigenvalue weighted by atomic mass is 9.98. The quantitative estimate of drug-likeness (QED) is 0.767. The third-order valence-electron chi connectivity index (χ3n) is 6.64. The summed E-state index contributed by atoms with van der Waals surface area (Å²) in [6.07, 6.45) is 6.20. The zero-order chi connectivity index (χ0) is 20.8. The number of nitrogens with zero attached hydrogens (tertiary/aromatic N) is 5. The van der Waals surface area contributed by atoms with Crippen LogP contribution in [0.3, 0.4) is 0 Å². The summed E-state index contributed by atoms with van der Waals surface area (Å²) in [5, 5.41) is 8.23. The van der Waals surface area contributed by atoms with Crippen LogP contribution < -0.4 is 16.0 Å². The van der Waals surface area contributed by atoms with Crippen LogP contribution in [0.4, 0.5) is 5.82 Å². The zero-order valence-electron chi connectivity index (χ0n) is 17.8. The van der Waals surface area contributed by atoms with E-state index in [0.29, 0.717) is 0 Å². The summed E-state index contributed by atoms with van der Waals surface area (Å²) in [6, 6.07) is 2.53. The Bertz CT molecular complexity index is 947. The van der Waals surface area contributed by atoms with Crippen LogP contribution in [-0.4, -0.2) is 68.2 Å². The lowest BCUT2D eigenvalue weighted by molar-refractivity contribution is -0.134. The third kappa shape index (κ3) is 3.56. The van der Waals surface area contributed by atoms with Gasteiger partial charge in [0.25, 0.3) is 0 Å². The van der Waals surface area contributed by atoms with E-state index in [4.69, 9.17) is 15.8 Å². The molecule has 9 heteroatoms. The number of anilines is 1. The summed E-state index contributed by atoms with van der Waals surface area (Å²) in [4.78, 5) is 22.6. The smallest absolute Gasteiger partial charge is 0.237 e. The van der Waals surface area contributed by atoms with Crippen molar-refractivity contribution in [1.82, 2.24) is 24.8 Å². The molecular weight excluding hydrogens is 398 g/mol. The summed E-state index contributed by atoms with van der Waals surface area (Å²) in [5.74, 6) is 2.09. The van der Waals surface area contributed by atoms with Crippen molar-refractivity contribution in [2.75, 3.05) is 30.4 Å². The molecule has 5 heterocycles. The van der Waals surface area contributed by atoms with Crippen LogP contribution in [0, 0.1) is 6.92 Å². The van der Waals surface area contributed by atoms with Gasteiger partial charge in [0, 0.05) is 55.4 Å². The first-order valence-electron chi connectivity index (χ1n) is 11.0. The predicted octanol–water partition coefficient (Wildman–Crippen LogP) is 1.68. The second-order valence-corrected chi connectivity index (χ2v) is 10.0. The van der Waals surface area contributed by atoms with Crippen LogP contribution in [0.1, 0.15) is 49.9 Å². The molecule has 30 heavy (non-hydrogen) atoms. The molecule has 0 saturated carbocycles. The number of hydrogen-bond donors (Lipinski definition) is 2. The van der Waals surface area contributed by atoms with Crippen molar-refractivity contribution >= 4 is 29.1 Å². The molecule has 2 unspecified atom stereocenters. The van der Waals surface area contributed by atoms with Gasteiger partial charge in [-0.25, -0.2) is 9.50 Å². The average Bonchev–Trinajstić information content (AvgIpc) is 3.46. The molecule has 0 radical (unpaired) electrons. The van der Waals surface area contributed by atoms with E-state index in [1.165, 1.54) is 0 Å². The van der Waals surface area contributed by atoms with Crippen molar-refractivity contribution < 1.29 is 4.79 Å². The molecule has 4 atom stereocenters. The Morgan fingerprint density at radius 2 is 2.17 bits per heavy atom. The topological polar surface area (TPSA) is 91.8 Å². The summed E-state index contributed by atoms with van der Waals surface area (Å²) in [5.41, 5.74) is 9.00. The molecule has 2 aromatic rings. The SMILES string of the molecule is Cc1cn2nc([C@@H]3CCCCN3C(=O)C3SCNC3C)cc2nc1N1CC[C@H](N)C1. The van der Waals surface area contributed by atoms with E-state index in [1.54, 1.807) is 11.8 Å². The molecule has 0 aromatic carbocycles.